The van der Waals surface area contributed by atoms with Crippen LogP contribution < -0.4 is 5.32 Å². The number of aromatic nitrogens is 2. The molecule has 0 spiro atoms. The molecule has 0 radical (unpaired) electrons. The van der Waals surface area contributed by atoms with Crippen molar-refractivity contribution in [3.05, 3.63) is 17.5 Å². The molecule has 0 aliphatic heterocycles. The molecule has 0 amide bonds. The van der Waals surface area contributed by atoms with E-state index in [4.69, 9.17) is 0 Å². The Morgan fingerprint density at radius 1 is 1.60 bits per heavy atom. The van der Waals surface area contributed by atoms with Gasteiger partial charge in [0.1, 0.15) is 0 Å². The molecule has 15 heavy (non-hydrogen) atoms. The van der Waals surface area contributed by atoms with Crippen molar-refractivity contribution in [2.24, 2.45) is 13.0 Å². The Morgan fingerprint density at radius 3 is 2.87 bits per heavy atom. The quantitative estimate of drug-likeness (QED) is 0.796. The van der Waals surface area contributed by atoms with Gasteiger partial charge in [0.15, 0.2) is 0 Å². The lowest BCUT2D eigenvalue weighted by Crippen LogP contribution is -2.29. The molecule has 1 aliphatic rings. The fourth-order valence-electron chi connectivity index (χ4n) is 1.99. The Labute approximate surface area is 91.9 Å². The van der Waals surface area contributed by atoms with Gasteiger partial charge in [0, 0.05) is 18.8 Å². The summed E-state index contributed by atoms with van der Waals surface area (Å²) >= 11 is 0. The molecule has 3 nitrogen and oxygen atoms in total. The van der Waals surface area contributed by atoms with Gasteiger partial charge in [0.05, 0.1) is 6.20 Å². The van der Waals surface area contributed by atoms with E-state index in [-0.39, 0.29) is 0 Å². The highest BCUT2D eigenvalue weighted by atomic mass is 15.3. The zero-order valence-corrected chi connectivity index (χ0v) is 9.95. The highest BCUT2D eigenvalue weighted by Gasteiger charge is 2.27. The summed E-state index contributed by atoms with van der Waals surface area (Å²) in [5, 5.41) is 7.84. The first-order valence-electron chi connectivity index (χ1n) is 5.89. The van der Waals surface area contributed by atoms with Crippen LogP contribution in [0.25, 0.3) is 0 Å². The molecule has 1 N–H and O–H groups in total. The van der Waals surface area contributed by atoms with Gasteiger partial charge in [-0.1, -0.05) is 0 Å². The molecule has 1 atom stereocenters. The third kappa shape index (κ3) is 2.59. The van der Waals surface area contributed by atoms with E-state index in [1.165, 1.54) is 24.1 Å². The Morgan fingerprint density at radius 2 is 2.33 bits per heavy atom. The van der Waals surface area contributed by atoms with Crippen molar-refractivity contribution in [2.45, 2.75) is 39.2 Å². The average molecular weight is 207 g/mol. The summed E-state index contributed by atoms with van der Waals surface area (Å²) in [6, 6.07) is 0.696. The van der Waals surface area contributed by atoms with Crippen molar-refractivity contribution in [1.82, 2.24) is 15.1 Å². The largest absolute Gasteiger partial charge is 0.314 e. The average Bonchev–Trinajstić information content (AvgIpc) is 3.00. The number of aryl methyl sites for hydroxylation is 1. The van der Waals surface area contributed by atoms with Crippen molar-refractivity contribution in [3.8, 4) is 0 Å². The molecule has 1 aromatic rings. The van der Waals surface area contributed by atoms with Gasteiger partial charge in [-0.3, -0.25) is 4.68 Å². The third-order valence-electron chi connectivity index (χ3n) is 3.53. The van der Waals surface area contributed by atoms with E-state index >= 15 is 0 Å². The number of nitrogens with zero attached hydrogens (tertiary/aromatic N) is 2. The number of hydrogen-bond acceptors (Lipinski definition) is 2. The summed E-state index contributed by atoms with van der Waals surface area (Å²) in [7, 11) is 2.00. The molecule has 0 saturated heterocycles. The fourth-order valence-corrected chi connectivity index (χ4v) is 1.99. The third-order valence-corrected chi connectivity index (χ3v) is 3.53. The van der Waals surface area contributed by atoms with Crippen LogP contribution in [0.15, 0.2) is 6.20 Å². The molecule has 1 fully saturated rings. The van der Waals surface area contributed by atoms with Gasteiger partial charge in [0.25, 0.3) is 0 Å². The van der Waals surface area contributed by atoms with Crippen molar-refractivity contribution in [3.63, 3.8) is 0 Å². The van der Waals surface area contributed by atoms with E-state index in [1.807, 2.05) is 17.9 Å². The minimum absolute atomic E-state index is 0.696. The molecule has 2 rings (SSSR count). The van der Waals surface area contributed by atoms with E-state index in [2.05, 4.69) is 24.3 Å². The van der Waals surface area contributed by atoms with Crippen LogP contribution in [0.5, 0.6) is 0 Å². The fraction of sp³-hybridized carbons (Fsp3) is 0.750. The predicted molar refractivity (Wildman–Crippen MR) is 61.8 cm³/mol. The molecule has 0 bridgehead atoms. The Kier molecular flexibility index (Phi) is 3.10. The standard InChI is InChI=1S/C12H21N3/c1-9(11-4-5-11)13-7-6-12-8-14-15(3)10(12)2/h8-9,11,13H,4-7H2,1-3H3. The molecule has 1 aromatic heterocycles. The molecule has 1 saturated carbocycles. The highest BCUT2D eigenvalue weighted by Crippen LogP contribution is 2.32. The Bertz CT molecular complexity index is 326. The van der Waals surface area contributed by atoms with Crippen molar-refractivity contribution in [2.75, 3.05) is 6.54 Å². The Hall–Kier alpha value is -0.830. The minimum atomic E-state index is 0.696. The summed E-state index contributed by atoms with van der Waals surface area (Å²) in [6.07, 6.45) is 5.91. The molecule has 3 heteroatoms. The second-order valence-corrected chi connectivity index (χ2v) is 4.71. The molecule has 1 heterocycles. The maximum absolute atomic E-state index is 4.25. The van der Waals surface area contributed by atoms with Gasteiger partial charge in [-0.15, -0.1) is 0 Å². The predicted octanol–water partition coefficient (Wildman–Crippen LogP) is 1.66. The van der Waals surface area contributed by atoms with Gasteiger partial charge in [-0.05, 0) is 51.1 Å². The monoisotopic (exact) mass is 207 g/mol. The second kappa shape index (κ2) is 4.35. The van der Waals surface area contributed by atoms with Crippen molar-refractivity contribution >= 4 is 0 Å². The van der Waals surface area contributed by atoms with E-state index < -0.39 is 0 Å². The lowest BCUT2D eigenvalue weighted by Gasteiger charge is -2.12. The van der Waals surface area contributed by atoms with Crippen LogP contribution in [-0.2, 0) is 13.5 Å². The zero-order valence-electron chi connectivity index (χ0n) is 9.95. The van der Waals surface area contributed by atoms with Crippen LogP contribution in [0.2, 0.25) is 0 Å². The van der Waals surface area contributed by atoms with Gasteiger partial charge in [0.2, 0.25) is 0 Å². The maximum Gasteiger partial charge on any atom is 0.0524 e. The summed E-state index contributed by atoms with van der Waals surface area (Å²) in [4.78, 5) is 0. The molecule has 0 aromatic carbocycles. The van der Waals surface area contributed by atoms with Crippen molar-refractivity contribution < 1.29 is 0 Å². The molecule has 1 unspecified atom stereocenters. The van der Waals surface area contributed by atoms with E-state index in [1.54, 1.807) is 0 Å². The second-order valence-electron chi connectivity index (χ2n) is 4.71. The van der Waals surface area contributed by atoms with Crippen LogP contribution in [0.3, 0.4) is 0 Å². The van der Waals surface area contributed by atoms with Gasteiger partial charge in [-0.2, -0.15) is 5.10 Å². The number of hydrogen-bond donors (Lipinski definition) is 1. The smallest absolute Gasteiger partial charge is 0.0524 e. The topological polar surface area (TPSA) is 29.9 Å². The SMILES string of the molecule is Cc1c(CCNC(C)C2CC2)cnn1C. The van der Waals surface area contributed by atoms with Gasteiger partial charge >= 0.3 is 0 Å². The van der Waals surface area contributed by atoms with Crippen molar-refractivity contribution in [1.29, 1.82) is 0 Å². The minimum Gasteiger partial charge on any atom is -0.314 e. The Balaban J connectivity index is 1.75. The molecular formula is C12H21N3. The van der Waals surface area contributed by atoms with E-state index in [0.717, 1.165) is 18.9 Å². The normalized spacial score (nSPS) is 18.1. The lowest BCUT2D eigenvalue weighted by atomic mass is 10.1. The van der Waals surface area contributed by atoms with Gasteiger partial charge in [-0.25, -0.2) is 0 Å². The van der Waals surface area contributed by atoms with Crippen LogP contribution >= 0.6 is 0 Å². The van der Waals surface area contributed by atoms with Crippen LogP contribution in [0.1, 0.15) is 31.0 Å². The lowest BCUT2D eigenvalue weighted by molar-refractivity contribution is 0.500. The molecule has 1 aliphatic carbocycles. The summed E-state index contributed by atoms with van der Waals surface area (Å²) in [5.41, 5.74) is 2.66. The maximum atomic E-state index is 4.25. The van der Waals surface area contributed by atoms with Crippen LogP contribution in [0, 0.1) is 12.8 Å². The number of nitrogens with one attached hydrogen (secondary N) is 1. The summed E-state index contributed by atoms with van der Waals surface area (Å²) < 4.78 is 1.94. The first-order valence-corrected chi connectivity index (χ1v) is 5.89. The first-order chi connectivity index (χ1) is 7.18. The summed E-state index contributed by atoms with van der Waals surface area (Å²) in [6.45, 7) is 5.50. The summed E-state index contributed by atoms with van der Waals surface area (Å²) in [5.74, 6) is 0.944. The first kappa shape index (κ1) is 10.7. The number of rotatable bonds is 5. The van der Waals surface area contributed by atoms with E-state index in [0.29, 0.717) is 6.04 Å². The van der Waals surface area contributed by atoms with Gasteiger partial charge < -0.3 is 5.32 Å². The zero-order chi connectivity index (χ0) is 10.8. The van der Waals surface area contributed by atoms with Crippen LogP contribution in [0.4, 0.5) is 0 Å². The van der Waals surface area contributed by atoms with Crippen LogP contribution in [-0.4, -0.2) is 22.4 Å². The molecular weight excluding hydrogens is 186 g/mol. The molecule has 84 valence electrons. The van der Waals surface area contributed by atoms with E-state index in [9.17, 15) is 0 Å². The highest BCUT2D eigenvalue weighted by molar-refractivity contribution is 5.16.